The minimum atomic E-state index is 0.245. The van der Waals surface area contributed by atoms with E-state index >= 15 is 0 Å². The highest BCUT2D eigenvalue weighted by Gasteiger charge is 2.20. The van der Waals surface area contributed by atoms with E-state index in [1.54, 1.807) is 12.4 Å². The van der Waals surface area contributed by atoms with Crippen molar-refractivity contribution in [1.82, 2.24) is 19.8 Å². The van der Waals surface area contributed by atoms with E-state index in [1.165, 1.54) is 5.56 Å². The molecule has 1 aliphatic heterocycles. The molecule has 0 spiro atoms. The predicted octanol–water partition coefficient (Wildman–Crippen LogP) is 1.75. The van der Waals surface area contributed by atoms with Crippen molar-refractivity contribution < 1.29 is 4.79 Å². The van der Waals surface area contributed by atoms with E-state index < -0.39 is 0 Å². The number of rotatable bonds is 5. The van der Waals surface area contributed by atoms with Gasteiger partial charge in [0.25, 0.3) is 0 Å². The normalized spacial score (nSPS) is 15.6. The van der Waals surface area contributed by atoms with Crippen molar-refractivity contribution in [2.75, 3.05) is 26.2 Å². The summed E-state index contributed by atoms with van der Waals surface area (Å²) < 4.78 is 0. The third-order valence-electron chi connectivity index (χ3n) is 4.20. The molecule has 2 aromatic heterocycles. The fraction of sp³-hybridized carbons (Fsp3) is 0.389. The van der Waals surface area contributed by atoms with Gasteiger partial charge in [0.2, 0.25) is 5.91 Å². The Hall–Kier alpha value is -2.27. The molecule has 120 valence electrons. The molecule has 0 unspecified atom stereocenters. The fourth-order valence-corrected chi connectivity index (χ4v) is 2.86. The smallest absolute Gasteiger partial charge is 0.222 e. The molecular formula is C18H22N4O. The van der Waals surface area contributed by atoms with Crippen LogP contribution in [0.2, 0.25) is 0 Å². The molecule has 5 nitrogen and oxygen atoms in total. The number of pyridine rings is 2. The van der Waals surface area contributed by atoms with Crippen LogP contribution < -0.4 is 0 Å². The molecular weight excluding hydrogens is 288 g/mol. The predicted molar refractivity (Wildman–Crippen MR) is 88.7 cm³/mol. The van der Waals surface area contributed by atoms with Crippen LogP contribution in [0.3, 0.4) is 0 Å². The topological polar surface area (TPSA) is 49.3 Å². The number of nitrogens with zero attached hydrogens (tertiary/aromatic N) is 4. The Morgan fingerprint density at radius 3 is 2.22 bits per heavy atom. The van der Waals surface area contributed by atoms with E-state index in [2.05, 4.69) is 20.9 Å². The van der Waals surface area contributed by atoms with E-state index in [-0.39, 0.29) is 5.91 Å². The molecule has 0 atom stereocenters. The van der Waals surface area contributed by atoms with Crippen LogP contribution in [0.25, 0.3) is 0 Å². The van der Waals surface area contributed by atoms with Crippen molar-refractivity contribution in [2.45, 2.75) is 19.4 Å². The molecule has 0 aromatic carbocycles. The quantitative estimate of drug-likeness (QED) is 0.844. The summed E-state index contributed by atoms with van der Waals surface area (Å²) in [5.41, 5.74) is 2.35. The summed E-state index contributed by atoms with van der Waals surface area (Å²) in [6, 6.07) is 8.00. The third kappa shape index (κ3) is 4.60. The molecule has 0 aliphatic carbocycles. The van der Waals surface area contributed by atoms with E-state index in [0.717, 1.165) is 44.7 Å². The van der Waals surface area contributed by atoms with Crippen LogP contribution in [-0.4, -0.2) is 51.9 Å². The summed E-state index contributed by atoms with van der Waals surface area (Å²) in [4.78, 5) is 24.9. The van der Waals surface area contributed by atoms with Crippen LogP contribution in [0.1, 0.15) is 17.5 Å². The molecule has 1 amide bonds. The summed E-state index contributed by atoms with van der Waals surface area (Å²) in [5.74, 6) is 0.245. The number of hydrogen-bond donors (Lipinski definition) is 0. The first kappa shape index (κ1) is 15.6. The first-order valence-electron chi connectivity index (χ1n) is 8.09. The van der Waals surface area contributed by atoms with Gasteiger partial charge in [-0.1, -0.05) is 12.1 Å². The van der Waals surface area contributed by atoms with Crippen LogP contribution in [0.4, 0.5) is 0 Å². The highest BCUT2D eigenvalue weighted by Crippen LogP contribution is 2.10. The van der Waals surface area contributed by atoms with Gasteiger partial charge in [-0.2, -0.15) is 0 Å². The molecule has 1 saturated heterocycles. The number of amides is 1. The molecule has 5 heteroatoms. The molecule has 2 aromatic rings. The van der Waals surface area contributed by atoms with Crippen LogP contribution >= 0.6 is 0 Å². The Kier molecular flexibility index (Phi) is 5.32. The van der Waals surface area contributed by atoms with Crippen molar-refractivity contribution in [3.05, 3.63) is 60.2 Å². The van der Waals surface area contributed by atoms with Crippen LogP contribution in [0, 0.1) is 0 Å². The molecule has 0 saturated carbocycles. The maximum atomic E-state index is 12.3. The lowest BCUT2D eigenvalue weighted by molar-refractivity contribution is -0.133. The Morgan fingerprint density at radius 2 is 1.61 bits per heavy atom. The van der Waals surface area contributed by atoms with Gasteiger partial charge in [-0.15, -0.1) is 0 Å². The van der Waals surface area contributed by atoms with Gasteiger partial charge in [0, 0.05) is 63.9 Å². The minimum Gasteiger partial charge on any atom is -0.340 e. The van der Waals surface area contributed by atoms with Gasteiger partial charge < -0.3 is 4.90 Å². The Morgan fingerprint density at radius 1 is 0.957 bits per heavy atom. The van der Waals surface area contributed by atoms with Gasteiger partial charge in [-0.25, -0.2) is 0 Å². The molecule has 0 N–H and O–H groups in total. The largest absolute Gasteiger partial charge is 0.340 e. The van der Waals surface area contributed by atoms with E-state index in [0.29, 0.717) is 6.42 Å². The number of carbonyl (C=O) groups excluding carboxylic acids is 1. The minimum absolute atomic E-state index is 0.245. The van der Waals surface area contributed by atoms with Crippen LogP contribution in [0.15, 0.2) is 49.1 Å². The second kappa shape index (κ2) is 7.83. The first-order valence-corrected chi connectivity index (χ1v) is 8.09. The van der Waals surface area contributed by atoms with Gasteiger partial charge in [0.05, 0.1) is 0 Å². The number of hydrogen-bond acceptors (Lipinski definition) is 4. The number of carbonyl (C=O) groups is 1. The molecule has 1 fully saturated rings. The number of piperazine rings is 1. The van der Waals surface area contributed by atoms with Crippen molar-refractivity contribution in [3.8, 4) is 0 Å². The average Bonchev–Trinajstić information content (AvgIpc) is 2.62. The second-order valence-electron chi connectivity index (χ2n) is 5.88. The lowest BCUT2D eigenvalue weighted by atomic mass is 10.1. The lowest BCUT2D eigenvalue weighted by Crippen LogP contribution is -2.48. The van der Waals surface area contributed by atoms with Gasteiger partial charge in [-0.3, -0.25) is 19.7 Å². The standard InChI is InChI=1S/C18H22N4O/c23-18(6-5-16-3-1-7-19-13-16)22-11-9-21(10-12-22)15-17-4-2-8-20-14-17/h1-4,7-8,13-14H,5-6,9-12,15H2. The summed E-state index contributed by atoms with van der Waals surface area (Å²) >= 11 is 0. The first-order chi connectivity index (χ1) is 11.3. The summed E-state index contributed by atoms with van der Waals surface area (Å²) in [6.45, 7) is 4.38. The van der Waals surface area contributed by atoms with Crippen molar-refractivity contribution in [1.29, 1.82) is 0 Å². The van der Waals surface area contributed by atoms with E-state index in [1.807, 2.05) is 35.5 Å². The van der Waals surface area contributed by atoms with Crippen molar-refractivity contribution >= 4 is 5.91 Å². The maximum Gasteiger partial charge on any atom is 0.222 e. The summed E-state index contributed by atoms with van der Waals surface area (Å²) in [5, 5.41) is 0. The van der Waals surface area contributed by atoms with Crippen LogP contribution in [0.5, 0.6) is 0 Å². The van der Waals surface area contributed by atoms with E-state index in [4.69, 9.17) is 0 Å². The van der Waals surface area contributed by atoms with Gasteiger partial charge in [-0.05, 0) is 29.7 Å². The maximum absolute atomic E-state index is 12.3. The van der Waals surface area contributed by atoms with Crippen molar-refractivity contribution in [2.24, 2.45) is 0 Å². The zero-order chi connectivity index (χ0) is 15.9. The van der Waals surface area contributed by atoms with Crippen molar-refractivity contribution in [3.63, 3.8) is 0 Å². The van der Waals surface area contributed by atoms with Gasteiger partial charge in [0.1, 0.15) is 0 Å². The lowest BCUT2D eigenvalue weighted by Gasteiger charge is -2.34. The summed E-state index contributed by atoms with van der Waals surface area (Å²) in [6.07, 6.45) is 8.62. The zero-order valence-corrected chi connectivity index (χ0v) is 13.3. The molecule has 0 bridgehead atoms. The van der Waals surface area contributed by atoms with Gasteiger partial charge >= 0.3 is 0 Å². The summed E-state index contributed by atoms with van der Waals surface area (Å²) in [7, 11) is 0. The molecule has 1 aliphatic rings. The molecule has 0 radical (unpaired) electrons. The second-order valence-corrected chi connectivity index (χ2v) is 5.88. The highest BCUT2D eigenvalue weighted by atomic mass is 16.2. The fourth-order valence-electron chi connectivity index (χ4n) is 2.86. The SMILES string of the molecule is O=C(CCc1cccnc1)N1CCN(Cc2cccnc2)CC1. The van der Waals surface area contributed by atoms with Crippen LogP contribution in [-0.2, 0) is 17.8 Å². The number of aromatic nitrogens is 2. The Balaban J connectivity index is 1.42. The molecule has 23 heavy (non-hydrogen) atoms. The molecule has 3 heterocycles. The monoisotopic (exact) mass is 310 g/mol. The molecule has 3 rings (SSSR count). The highest BCUT2D eigenvalue weighted by molar-refractivity contribution is 5.76. The Bertz CT molecular complexity index is 609. The zero-order valence-electron chi connectivity index (χ0n) is 13.3. The average molecular weight is 310 g/mol. The number of aryl methyl sites for hydroxylation is 1. The third-order valence-corrected chi connectivity index (χ3v) is 4.20. The van der Waals surface area contributed by atoms with E-state index in [9.17, 15) is 4.79 Å². The Labute approximate surface area is 137 Å². The van der Waals surface area contributed by atoms with Gasteiger partial charge in [0.15, 0.2) is 0 Å².